The van der Waals surface area contributed by atoms with Crippen LogP contribution in [0.2, 0.25) is 5.02 Å². The van der Waals surface area contributed by atoms with Crippen molar-refractivity contribution >= 4 is 17.5 Å². The van der Waals surface area contributed by atoms with E-state index >= 15 is 0 Å². The number of carbonyl (C=O) groups excluding carboxylic acids is 1. The summed E-state index contributed by atoms with van der Waals surface area (Å²) in [4.78, 5) is 12.4. The molecular weight excluding hydrogens is 384 g/mol. The summed E-state index contributed by atoms with van der Waals surface area (Å²) in [7, 11) is 0. The van der Waals surface area contributed by atoms with Gasteiger partial charge >= 0.3 is 0 Å². The SMILES string of the molecule is CCCCCc1c(-c2cccc(O)c2)c(C(N)=O)c(C)n1Cc1cccc(Cl)c1. The molecule has 1 aromatic heterocycles. The van der Waals surface area contributed by atoms with Crippen LogP contribution in [0.15, 0.2) is 48.5 Å². The van der Waals surface area contributed by atoms with Crippen LogP contribution in [-0.2, 0) is 13.0 Å². The van der Waals surface area contributed by atoms with Crippen molar-refractivity contribution in [2.45, 2.75) is 46.1 Å². The summed E-state index contributed by atoms with van der Waals surface area (Å²) in [6, 6.07) is 14.8. The molecule has 0 saturated carbocycles. The second kappa shape index (κ2) is 9.19. The summed E-state index contributed by atoms with van der Waals surface area (Å²) in [6.07, 6.45) is 4.05. The minimum atomic E-state index is -0.456. The van der Waals surface area contributed by atoms with Gasteiger partial charge in [0.05, 0.1) is 5.56 Å². The molecule has 1 heterocycles. The number of hydrogen-bond donors (Lipinski definition) is 2. The van der Waals surface area contributed by atoms with Crippen molar-refractivity contribution in [1.29, 1.82) is 0 Å². The molecular formula is C24H27ClN2O2. The first-order valence-electron chi connectivity index (χ1n) is 9.98. The fourth-order valence-electron chi connectivity index (χ4n) is 3.91. The molecule has 0 aliphatic carbocycles. The number of amides is 1. The molecule has 3 N–H and O–H groups in total. The van der Waals surface area contributed by atoms with Gasteiger partial charge in [-0.1, -0.05) is 55.6 Å². The Labute approximate surface area is 176 Å². The number of phenolic OH excluding ortho intramolecular Hbond substituents is 1. The Kier molecular flexibility index (Phi) is 6.65. The fourth-order valence-corrected chi connectivity index (χ4v) is 4.12. The average Bonchev–Trinajstić information content (AvgIpc) is 2.94. The quantitative estimate of drug-likeness (QED) is 0.467. The highest BCUT2D eigenvalue weighted by Crippen LogP contribution is 2.35. The molecule has 0 aliphatic rings. The van der Waals surface area contributed by atoms with E-state index in [0.29, 0.717) is 17.1 Å². The van der Waals surface area contributed by atoms with E-state index in [1.165, 1.54) is 0 Å². The highest BCUT2D eigenvalue weighted by atomic mass is 35.5. The van der Waals surface area contributed by atoms with Crippen LogP contribution in [0, 0.1) is 6.92 Å². The molecule has 0 saturated heterocycles. The Bertz CT molecular complexity index is 1020. The van der Waals surface area contributed by atoms with E-state index in [-0.39, 0.29) is 5.75 Å². The van der Waals surface area contributed by atoms with E-state index in [0.717, 1.165) is 53.8 Å². The molecule has 0 aliphatic heterocycles. The zero-order valence-electron chi connectivity index (χ0n) is 16.9. The number of halogens is 1. The van der Waals surface area contributed by atoms with Gasteiger partial charge in [-0.15, -0.1) is 0 Å². The van der Waals surface area contributed by atoms with Crippen LogP contribution < -0.4 is 5.73 Å². The number of nitrogens with two attached hydrogens (primary N) is 1. The van der Waals surface area contributed by atoms with Crippen molar-refractivity contribution in [2.24, 2.45) is 5.73 Å². The summed E-state index contributed by atoms with van der Waals surface area (Å²) in [5.41, 5.74) is 10.9. The standard InChI is InChI=1S/C24H27ClN2O2/c1-3-4-5-12-21-23(18-9-7-11-20(28)14-18)22(24(26)29)16(2)27(21)15-17-8-6-10-19(25)13-17/h6-11,13-14,28H,3-5,12,15H2,1-2H3,(H2,26,29). The molecule has 0 radical (unpaired) electrons. The van der Waals surface area contributed by atoms with E-state index in [1.54, 1.807) is 18.2 Å². The number of aromatic nitrogens is 1. The highest BCUT2D eigenvalue weighted by molar-refractivity contribution is 6.30. The number of hydrogen-bond acceptors (Lipinski definition) is 2. The topological polar surface area (TPSA) is 68.2 Å². The first-order chi connectivity index (χ1) is 13.9. The largest absolute Gasteiger partial charge is 0.508 e. The van der Waals surface area contributed by atoms with Crippen LogP contribution in [0.25, 0.3) is 11.1 Å². The van der Waals surface area contributed by atoms with E-state index in [2.05, 4.69) is 11.5 Å². The van der Waals surface area contributed by atoms with Crippen molar-refractivity contribution in [2.75, 3.05) is 0 Å². The summed E-state index contributed by atoms with van der Waals surface area (Å²) >= 11 is 6.18. The maximum absolute atomic E-state index is 12.4. The van der Waals surface area contributed by atoms with Crippen molar-refractivity contribution < 1.29 is 9.90 Å². The van der Waals surface area contributed by atoms with Crippen LogP contribution in [0.3, 0.4) is 0 Å². The van der Waals surface area contributed by atoms with Crippen molar-refractivity contribution in [3.8, 4) is 16.9 Å². The predicted octanol–water partition coefficient (Wildman–Crippen LogP) is 5.70. The summed E-state index contributed by atoms with van der Waals surface area (Å²) in [5, 5.41) is 10.7. The normalized spacial score (nSPS) is 11.0. The number of carbonyl (C=O) groups is 1. The Hall–Kier alpha value is -2.72. The first-order valence-corrected chi connectivity index (χ1v) is 10.4. The molecule has 0 atom stereocenters. The molecule has 0 unspecified atom stereocenters. The molecule has 0 fully saturated rings. The lowest BCUT2D eigenvalue weighted by atomic mass is 9.97. The zero-order valence-corrected chi connectivity index (χ0v) is 17.7. The Morgan fingerprint density at radius 1 is 1.14 bits per heavy atom. The van der Waals surface area contributed by atoms with Gasteiger partial charge in [0.2, 0.25) is 0 Å². The van der Waals surface area contributed by atoms with Crippen LogP contribution in [-0.4, -0.2) is 15.6 Å². The van der Waals surface area contributed by atoms with Gasteiger partial charge in [-0.2, -0.15) is 0 Å². The monoisotopic (exact) mass is 410 g/mol. The number of benzene rings is 2. The summed E-state index contributed by atoms with van der Waals surface area (Å²) < 4.78 is 2.17. The molecule has 0 bridgehead atoms. The lowest BCUT2D eigenvalue weighted by Crippen LogP contribution is -2.13. The average molecular weight is 411 g/mol. The Morgan fingerprint density at radius 2 is 1.90 bits per heavy atom. The van der Waals surface area contributed by atoms with E-state index in [1.807, 2.05) is 37.3 Å². The number of phenols is 1. The lowest BCUT2D eigenvalue weighted by molar-refractivity contribution is 0.1000. The smallest absolute Gasteiger partial charge is 0.251 e. The Balaban J connectivity index is 2.20. The van der Waals surface area contributed by atoms with Gasteiger partial charge in [-0.25, -0.2) is 0 Å². The van der Waals surface area contributed by atoms with Crippen LogP contribution in [0.4, 0.5) is 0 Å². The molecule has 2 aromatic carbocycles. The van der Waals surface area contributed by atoms with Gasteiger partial charge in [0.1, 0.15) is 5.75 Å². The molecule has 5 heteroatoms. The molecule has 152 valence electrons. The molecule has 3 rings (SSSR count). The van der Waals surface area contributed by atoms with Crippen LogP contribution >= 0.6 is 11.6 Å². The second-order valence-corrected chi connectivity index (χ2v) is 7.81. The van der Waals surface area contributed by atoms with E-state index in [9.17, 15) is 9.90 Å². The van der Waals surface area contributed by atoms with Gasteiger partial charge in [0.15, 0.2) is 0 Å². The number of aromatic hydroxyl groups is 1. The molecule has 1 amide bonds. The summed E-state index contributed by atoms with van der Waals surface area (Å²) in [6.45, 7) is 4.70. The van der Waals surface area contributed by atoms with Crippen LogP contribution in [0.5, 0.6) is 5.75 Å². The van der Waals surface area contributed by atoms with Crippen molar-refractivity contribution in [3.05, 3.63) is 76.1 Å². The van der Waals surface area contributed by atoms with Gasteiger partial charge < -0.3 is 15.4 Å². The minimum Gasteiger partial charge on any atom is -0.508 e. The molecule has 0 spiro atoms. The number of unbranched alkanes of at least 4 members (excludes halogenated alkanes) is 2. The van der Waals surface area contributed by atoms with Crippen molar-refractivity contribution in [1.82, 2.24) is 4.57 Å². The maximum atomic E-state index is 12.4. The third kappa shape index (κ3) is 4.65. The van der Waals surface area contributed by atoms with Crippen molar-refractivity contribution in [3.63, 3.8) is 0 Å². The third-order valence-corrected chi connectivity index (χ3v) is 5.49. The molecule has 3 aromatic rings. The molecule has 4 nitrogen and oxygen atoms in total. The van der Waals surface area contributed by atoms with Crippen LogP contribution in [0.1, 0.15) is 53.5 Å². The van der Waals surface area contributed by atoms with Gasteiger partial charge in [0, 0.05) is 28.5 Å². The van der Waals surface area contributed by atoms with E-state index in [4.69, 9.17) is 17.3 Å². The third-order valence-electron chi connectivity index (χ3n) is 5.26. The number of primary amides is 1. The number of rotatable bonds is 8. The van der Waals surface area contributed by atoms with E-state index < -0.39 is 5.91 Å². The lowest BCUT2D eigenvalue weighted by Gasteiger charge is -2.14. The maximum Gasteiger partial charge on any atom is 0.251 e. The highest BCUT2D eigenvalue weighted by Gasteiger charge is 2.24. The van der Waals surface area contributed by atoms with Gasteiger partial charge in [0.25, 0.3) is 5.91 Å². The minimum absolute atomic E-state index is 0.165. The molecule has 29 heavy (non-hydrogen) atoms. The zero-order chi connectivity index (χ0) is 21.0. The predicted molar refractivity (Wildman–Crippen MR) is 119 cm³/mol. The summed E-state index contributed by atoms with van der Waals surface area (Å²) in [5.74, 6) is -0.292. The van der Waals surface area contributed by atoms with Gasteiger partial charge in [-0.05, 0) is 55.2 Å². The number of nitrogens with zero attached hydrogens (tertiary/aromatic N) is 1. The second-order valence-electron chi connectivity index (χ2n) is 7.37. The first kappa shape index (κ1) is 21.0. The Morgan fingerprint density at radius 3 is 2.55 bits per heavy atom. The fraction of sp³-hybridized carbons (Fsp3) is 0.292. The van der Waals surface area contributed by atoms with Gasteiger partial charge in [-0.3, -0.25) is 4.79 Å².